The van der Waals surface area contributed by atoms with E-state index in [4.69, 9.17) is 10.8 Å². The molecule has 1 aromatic heterocycles. The standard InChI is InChI=1S/C7H6F2N2O3/c8-6(9)3-5(13)4(12)2(1-11-3)7(10)14/h1,6,13H,(H2,10,14)(H,11,12). The van der Waals surface area contributed by atoms with Gasteiger partial charge in [0.1, 0.15) is 11.3 Å². The van der Waals surface area contributed by atoms with Crippen LogP contribution in [0.3, 0.4) is 0 Å². The summed E-state index contributed by atoms with van der Waals surface area (Å²) in [6, 6.07) is 0. The van der Waals surface area contributed by atoms with Crippen LogP contribution in [0.25, 0.3) is 0 Å². The number of amides is 1. The van der Waals surface area contributed by atoms with E-state index < -0.39 is 34.8 Å². The fraction of sp³-hybridized carbons (Fsp3) is 0.143. The monoisotopic (exact) mass is 204 g/mol. The Hall–Kier alpha value is -1.92. The third kappa shape index (κ3) is 1.56. The molecule has 14 heavy (non-hydrogen) atoms. The first-order chi connectivity index (χ1) is 6.45. The smallest absolute Gasteiger partial charge is 0.282 e. The summed E-state index contributed by atoms with van der Waals surface area (Å²) in [4.78, 5) is 23.5. The van der Waals surface area contributed by atoms with Crippen molar-refractivity contribution in [3.63, 3.8) is 0 Å². The summed E-state index contributed by atoms with van der Waals surface area (Å²) in [5.41, 5.74) is 2.06. The van der Waals surface area contributed by atoms with Gasteiger partial charge in [-0.05, 0) is 0 Å². The Morgan fingerprint density at radius 1 is 1.57 bits per heavy atom. The van der Waals surface area contributed by atoms with Gasteiger partial charge in [-0.3, -0.25) is 9.59 Å². The lowest BCUT2D eigenvalue weighted by atomic mass is 10.2. The molecule has 0 unspecified atom stereocenters. The first kappa shape index (κ1) is 10.2. The van der Waals surface area contributed by atoms with Gasteiger partial charge in [0.05, 0.1) is 0 Å². The van der Waals surface area contributed by atoms with E-state index in [1.54, 1.807) is 0 Å². The molecule has 7 heteroatoms. The van der Waals surface area contributed by atoms with Crippen LogP contribution in [0.4, 0.5) is 8.78 Å². The molecule has 0 saturated carbocycles. The predicted octanol–water partition coefficient (Wildman–Crippen LogP) is 0.117. The molecule has 0 atom stereocenters. The van der Waals surface area contributed by atoms with Gasteiger partial charge in [0.25, 0.3) is 12.3 Å². The van der Waals surface area contributed by atoms with E-state index >= 15 is 0 Å². The molecule has 0 aliphatic carbocycles. The molecule has 4 N–H and O–H groups in total. The van der Waals surface area contributed by atoms with Crippen LogP contribution in [-0.2, 0) is 0 Å². The molecule has 0 radical (unpaired) electrons. The number of hydrogen-bond acceptors (Lipinski definition) is 3. The Morgan fingerprint density at radius 2 is 2.14 bits per heavy atom. The number of halogens is 2. The minimum Gasteiger partial charge on any atom is -0.503 e. The van der Waals surface area contributed by atoms with E-state index in [0.29, 0.717) is 0 Å². The molecule has 1 aromatic rings. The topological polar surface area (TPSA) is 96.2 Å². The zero-order valence-corrected chi connectivity index (χ0v) is 6.75. The van der Waals surface area contributed by atoms with Gasteiger partial charge in [-0.1, -0.05) is 0 Å². The highest BCUT2D eigenvalue weighted by Crippen LogP contribution is 2.22. The van der Waals surface area contributed by atoms with Crippen LogP contribution in [0, 0.1) is 0 Å². The lowest BCUT2D eigenvalue weighted by molar-refractivity contribution is 0.0996. The molecule has 1 amide bonds. The Labute approximate surface area is 76.2 Å². The SMILES string of the molecule is NC(=O)c1c[nH]c(C(F)F)c(O)c1=O. The molecule has 0 spiro atoms. The Balaban J connectivity index is 3.42. The van der Waals surface area contributed by atoms with Crippen LogP contribution in [-0.4, -0.2) is 16.0 Å². The third-order valence-corrected chi connectivity index (χ3v) is 1.57. The van der Waals surface area contributed by atoms with Gasteiger partial charge in [-0.2, -0.15) is 0 Å². The lowest BCUT2D eigenvalue weighted by Gasteiger charge is -2.03. The highest BCUT2D eigenvalue weighted by atomic mass is 19.3. The second-order valence-electron chi connectivity index (χ2n) is 2.46. The van der Waals surface area contributed by atoms with Gasteiger partial charge in [0, 0.05) is 6.20 Å². The summed E-state index contributed by atoms with van der Waals surface area (Å²) in [6.45, 7) is 0. The van der Waals surface area contributed by atoms with Gasteiger partial charge in [0.15, 0.2) is 5.75 Å². The van der Waals surface area contributed by atoms with Crippen molar-refractivity contribution in [3.05, 3.63) is 27.7 Å². The Kier molecular flexibility index (Phi) is 2.50. The first-order valence-corrected chi connectivity index (χ1v) is 3.47. The minimum absolute atomic E-state index is 0.563. The number of pyridine rings is 1. The molecule has 0 aromatic carbocycles. The molecule has 5 nitrogen and oxygen atoms in total. The van der Waals surface area contributed by atoms with Crippen LogP contribution in [0.1, 0.15) is 22.5 Å². The van der Waals surface area contributed by atoms with Crippen molar-refractivity contribution >= 4 is 5.91 Å². The van der Waals surface area contributed by atoms with Gasteiger partial charge < -0.3 is 15.8 Å². The van der Waals surface area contributed by atoms with E-state index in [2.05, 4.69) is 0 Å². The second-order valence-corrected chi connectivity index (χ2v) is 2.46. The number of alkyl halides is 2. The average Bonchev–Trinajstić information content (AvgIpc) is 2.08. The van der Waals surface area contributed by atoms with Crippen LogP contribution in [0.15, 0.2) is 11.0 Å². The number of nitrogens with two attached hydrogens (primary N) is 1. The van der Waals surface area contributed by atoms with Crippen LogP contribution < -0.4 is 11.2 Å². The summed E-state index contributed by atoms with van der Waals surface area (Å²) in [7, 11) is 0. The highest BCUT2D eigenvalue weighted by molar-refractivity contribution is 5.92. The van der Waals surface area contributed by atoms with Gasteiger partial charge in [0.2, 0.25) is 5.43 Å². The van der Waals surface area contributed by atoms with Crippen molar-refractivity contribution in [3.8, 4) is 5.75 Å². The molecule has 0 fully saturated rings. The number of carbonyl (C=O) groups is 1. The van der Waals surface area contributed by atoms with Crippen LogP contribution in [0.5, 0.6) is 5.75 Å². The van der Waals surface area contributed by atoms with Crippen molar-refractivity contribution in [1.29, 1.82) is 0 Å². The number of rotatable bonds is 2. The summed E-state index contributed by atoms with van der Waals surface area (Å²) in [5.74, 6) is -2.28. The van der Waals surface area contributed by atoms with E-state index in [9.17, 15) is 18.4 Å². The summed E-state index contributed by atoms with van der Waals surface area (Å²) < 4.78 is 24.2. The number of nitrogens with one attached hydrogen (secondary N) is 1. The second kappa shape index (κ2) is 3.44. The normalized spacial score (nSPS) is 10.5. The number of hydrogen-bond donors (Lipinski definition) is 3. The number of primary amides is 1. The fourth-order valence-corrected chi connectivity index (χ4v) is 0.883. The molecular formula is C7H6F2N2O3. The van der Waals surface area contributed by atoms with Crippen molar-refractivity contribution < 1.29 is 18.7 Å². The van der Waals surface area contributed by atoms with Crippen molar-refractivity contribution in [2.75, 3.05) is 0 Å². The van der Waals surface area contributed by atoms with Crippen molar-refractivity contribution in [1.82, 2.24) is 4.98 Å². The largest absolute Gasteiger partial charge is 0.503 e. The lowest BCUT2D eigenvalue weighted by Crippen LogP contribution is -2.22. The van der Waals surface area contributed by atoms with Crippen LogP contribution >= 0.6 is 0 Å². The molecule has 76 valence electrons. The zero-order valence-electron chi connectivity index (χ0n) is 6.75. The van der Waals surface area contributed by atoms with E-state index in [0.717, 1.165) is 6.20 Å². The number of aromatic hydroxyl groups is 1. The average molecular weight is 204 g/mol. The molecular weight excluding hydrogens is 198 g/mol. The quantitative estimate of drug-likeness (QED) is 0.638. The first-order valence-electron chi connectivity index (χ1n) is 3.47. The van der Waals surface area contributed by atoms with Gasteiger partial charge >= 0.3 is 0 Å². The summed E-state index contributed by atoms with van der Waals surface area (Å²) in [6.07, 6.45) is -2.28. The molecule has 0 aliphatic heterocycles. The predicted molar refractivity (Wildman–Crippen MR) is 42.2 cm³/mol. The fourth-order valence-electron chi connectivity index (χ4n) is 0.883. The molecule has 1 heterocycles. The van der Waals surface area contributed by atoms with Gasteiger partial charge in [-0.15, -0.1) is 0 Å². The Bertz CT molecular complexity index is 427. The van der Waals surface area contributed by atoms with E-state index in [1.165, 1.54) is 0 Å². The maximum absolute atomic E-state index is 12.1. The van der Waals surface area contributed by atoms with Crippen LogP contribution in [0.2, 0.25) is 0 Å². The summed E-state index contributed by atoms with van der Waals surface area (Å²) >= 11 is 0. The maximum atomic E-state index is 12.1. The molecule has 1 rings (SSSR count). The Morgan fingerprint density at radius 3 is 2.57 bits per heavy atom. The summed E-state index contributed by atoms with van der Waals surface area (Å²) in [5, 5.41) is 8.97. The van der Waals surface area contributed by atoms with Crippen molar-refractivity contribution in [2.45, 2.75) is 6.43 Å². The molecule has 0 saturated heterocycles. The number of aromatic amines is 1. The van der Waals surface area contributed by atoms with E-state index in [-0.39, 0.29) is 0 Å². The van der Waals surface area contributed by atoms with Crippen molar-refractivity contribution in [2.24, 2.45) is 5.73 Å². The van der Waals surface area contributed by atoms with Gasteiger partial charge in [-0.25, -0.2) is 8.78 Å². The number of aromatic nitrogens is 1. The minimum atomic E-state index is -3.02. The molecule has 0 aliphatic rings. The zero-order chi connectivity index (χ0) is 10.9. The number of carbonyl (C=O) groups excluding carboxylic acids is 1. The third-order valence-electron chi connectivity index (χ3n) is 1.57. The molecule has 0 bridgehead atoms. The number of H-pyrrole nitrogens is 1. The van der Waals surface area contributed by atoms with E-state index in [1.807, 2.05) is 4.98 Å². The highest BCUT2D eigenvalue weighted by Gasteiger charge is 2.19. The maximum Gasteiger partial charge on any atom is 0.282 e.